The summed E-state index contributed by atoms with van der Waals surface area (Å²) in [7, 11) is -2.13. The van der Waals surface area contributed by atoms with Crippen molar-refractivity contribution in [3.8, 4) is 5.75 Å². The molecule has 3 aromatic rings. The minimum absolute atomic E-state index is 0.215. The van der Waals surface area contributed by atoms with Crippen LogP contribution >= 0.6 is 0 Å². The molecule has 1 aliphatic rings. The molecule has 0 saturated carbocycles. The Morgan fingerprint density at radius 3 is 2.14 bits per heavy atom. The van der Waals surface area contributed by atoms with E-state index in [9.17, 15) is 13.2 Å². The lowest BCUT2D eigenvalue weighted by Crippen LogP contribution is -2.48. The lowest BCUT2D eigenvalue weighted by molar-refractivity contribution is -0.0277. The average molecular weight is 509 g/mol. The highest BCUT2D eigenvalue weighted by atomic mass is 32.2. The van der Waals surface area contributed by atoms with Crippen LogP contribution in [-0.4, -0.2) is 45.6 Å². The molecule has 0 unspecified atom stereocenters. The van der Waals surface area contributed by atoms with Crippen molar-refractivity contribution >= 4 is 16.1 Å². The molecule has 8 heteroatoms. The summed E-state index contributed by atoms with van der Waals surface area (Å²) in [6.45, 7) is 0.978. The fraction of sp³-hybridized carbons (Fsp3) is 0.321. The Morgan fingerprint density at radius 2 is 1.53 bits per heavy atom. The molecule has 0 atom stereocenters. The Bertz CT molecular complexity index is 1220. The molecule has 3 aromatic carbocycles. The number of methoxy groups -OCH3 is 1. The van der Waals surface area contributed by atoms with Crippen molar-refractivity contribution in [2.45, 2.75) is 36.2 Å². The fourth-order valence-electron chi connectivity index (χ4n) is 4.52. The van der Waals surface area contributed by atoms with E-state index in [0.717, 1.165) is 18.4 Å². The van der Waals surface area contributed by atoms with E-state index in [1.807, 2.05) is 48.5 Å². The molecule has 1 amide bonds. The number of piperidine rings is 1. The van der Waals surface area contributed by atoms with E-state index in [2.05, 4.69) is 17.4 Å². The van der Waals surface area contributed by atoms with Crippen molar-refractivity contribution in [1.29, 1.82) is 0 Å². The first-order valence-corrected chi connectivity index (χ1v) is 13.6. The van der Waals surface area contributed by atoms with Gasteiger partial charge >= 0.3 is 6.09 Å². The molecule has 1 heterocycles. The first kappa shape index (κ1) is 25.7. The summed E-state index contributed by atoms with van der Waals surface area (Å²) in [5.41, 5.74) is 1.20. The second-order valence-electron chi connectivity index (χ2n) is 8.85. The number of hydrogen-bond donors (Lipinski definition) is 1. The molecular weight excluding hydrogens is 476 g/mol. The maximum Gasteiger partial charge on any atom is 0.408 e. The minimum atomic E-state index is -3.67. The zero-order chi connectivity index (χ0) is 25.4. The van der Waals surface area contributed by atoms with Gasteiger partial charge in [0, 0.05) is 32.5 Å². The van der Waals surface area contributed by atoms with E-state index in [0.29, 0.717) is 25.1 Å². The summed E-state index contributed by atoms with van der Waals surface area (Å²) in [5.74, 6) is 0.596. The Labute approximate surface area is 213 Å². The third-order valence-electron chi connectivity index (χ3n) is 6.57. The minimum Gasteiger partial charge on any atom is -0.497 e. The number of alkyl carbamates (subject to hydrolysis) is 1. The number of ether oxygens (including phenoxy) is 2. The highest BCUT2D eigenvalue weighted by Crippen LogP contribution is 2.38. The van der Waals surface area contributed by atoms with Crippen LogP contribution in [0.4, 0.5) is 4.79 Å². The SMILES string of the molecule is COc1ccc(S(=O)(=O)N2CCC(OC(=O)NCCCc3ccccc3)(c3ccccc3)CC2)cc1. The van der Waals surface area contributed by atoms with E-state index in [1.165, 1.54) is 17.0 Å². The molecule has 1 fully saturated rings. The molecule has 0 aliphatic carbocycles. The number of rotatable bonds is 9. The van der Waals surface area contributed by atoms with Crippen molar-refractivity contribution in [2.75, 3.05) is 26.7 Å². The summed E-state index contributed by atoms with van der Waals surface area (Å²) < 4.78 is 39.0. The van der Waals surface area contributed by atoms with Gasteiger partial charge in [-0.1, -0.05) is 60.7 Å². The lowest BCUT2D eigenvalue weighted by Gasteiger charge is -2.41. The monoisotopic (exact) mass is 508 g/mol. The van der Waals surface area contributed by atoms with Gasteiger partial charge in [-0.15, -0.1) is 0 Å². The zero-order valence-corrected chi connectivity index (χ0v) is 21.2. The van der Waals surface area contributed by atoms with Crippen molar-refractivity contribution in [2.24, 2.45) is 0 Å². The Kier molecular flexibility index (Phi) is 8.28. The summed E-state index contributed by atoms with van der Waals surface area (Å²) in [5, 5.41) is 2.87. The van der Waals surface area contributed by atoms with Crippen molar-refractivity contribution in [1.82, 2.24) is 9.62 Å². The van der Waals surface area contributed by atoms with Gasteiger partial charge in [0.1, 0.15) is 11.4 Å². The van der Waals surface area contributed by atoms with Gasteiger partial charge in [-0.2, -0.15) is 4.31 Å². The maximum atomic E-state index is 13.2. The van der Waals surface area contributed by atoms with Gasteiger partial charge in [-0.05, 0) is 48.2 Å². The predicted molar refractivity (Wildman–Crippen MR) is 138 cm³/mol. The van der Waals surface area contributed by atoms with Gasteiger partial charge in [0.2, 0.25) is 10.0 Å². The molecule has 0 aromatic heterocycles. The van der Waals surface area contributed by atoms with Gasteiger partial charge in [-0.25, -0.2) is 13.2 Å². The number of benzene rings is 3. The van der Waals surface area contributed by atoms with Gasteiger partial charge in [-0.3, -0.25) is 0 Å². The molecule has 7 nitrogen and oxygen atoms in total. The Hall–Kier alpha value is -3.36. The molecule has 36 heavy (non-hydrogen) atoms. The highest BCUT2D eigenvalue weighted by Gasteiger charge is 2.42. The molecule has 0 radical (unpaired) electrons. The third kappa shape index (κ3) is 6.06. The van der Waals surface area contributed by atoms with E-state index in [4.69, 9.17) is 9.47 Å². The summed E-state index contributed by atoms with van der Waals surface area (Å²) in [6, 6.07) is 26.0. The highest BCUT2D eigenvalue weighted by molar-refractivity contribution is 7.89. The van der Waals surface area contributed by atoms with E-state index in [1.54, 1.807) is 24.3 Å². The number of carbonyl (C=O) groups excluding carboxylic acids is 1. The normalized spacial score (nSPS) is 15.7. The van der Waals surface area contributed by atoms with Crippen LogP contribution < -0.4 is 10.1 Å². The van der Waals surface area contributed by atoms with E-state index < -0.39 is 21.7 Å². The van der Waals surface area contributed by atoms with E-state index >= 15 is 0 Å². The Morgan fingerprint density at radius 1 is 0.917 bits per heavy atom. The van der Waals surface area contributed by atoms with Crippen LogP contribution in [0, 0.1) is 0 Å². The fourth-order valence-corrected chi connectivity index (χ4v) is 5.96. The lowest BCUT2D eigenvalue weighted by atomic mass is 9.85. The van der Waals surface area contributed by atoms with Gasteiger partial charge in [0.15, 0.2) is 0 Å². The largest absolute Gasteiger partial charge is 0.497 e. The van der Waals surface area contributed by atoms with Crippen LogP contribution in [0.5, 0.6) is 5.75 Å². The summed E-state index contributed by atoms with van der Waals surface area (Å²) in [4.78, 5) is 13.0. The van der Waals surface area contributed by atoms with Gasteiger partial charge in [0.25, 0.3) is 0 Å². The Balaban J connectivity index is 1.40. The molecule has 1 N–H and O–H groups in total. The van der Waals surface area contributed by atoms with Crippen LogP contribution in [-0.2, 0) is 26.8 Å². The van der Waals surface area contributed by atoms with Crippen LogP contribution in [0.15, 0.2) is 89.8 Å². The molecule has 0 spiro atoms. The topological polar surface area (TPSA) is 84.9 Å². The number of nitrogens with zero attached hydrogens (tertiary/aromatic N) is 1. The first-order chi connectivity index (χ1) is 17.4. The third-order valence-corrected chi connectivity index (χ3v) is 8.48. The molecular formula is C28H32N2O5S. The molecule has 190 valence electrons. The number of amides is 1. The number of sulfonamides is 1. The second-order valence-corrected chi connectivity index (χ2v) is 10.8. The quantitative estimate of drug-likeness (QED) is 0.422. The smallest absolute Gasteiger partial charge is 0.408 e. The first-order valence-electron chi connectivity index (χ1n) is 12.1. The van der Waals surface area contributed by atoms with Crippen LogP contribution in [0.1, 0.15) is 30.4 Å². The zero-order valence-electron chi connectivity index (χ0n) is 20.4. The second kappa shape index (κ2) is 11.6. The van der Waals surface area contributed by atoms with Crippen molar-refractivity contribution in [3.63, 3.8) is 0 Å². The van der Waals surface area contributed by atoms with Gasteiger partial charge in [0.05, 0.1) is 12.0 Å². The number of nitrogens with one attached hydrogen (secondary N) is 1. The number of hydrogen-bond acceptors (Lipinski definition) is 5. The molecule has 1 aliphatic heterocycles. The molecule has 1 saturated heterocycles. The number of aryl methyl sites for hydroxylation is 1. The number of carbonyl (C=O) groups is 1. The van der Waals surface area contributed by atoms with Crippen LogP contribution in [0.3, 0.4) is 0 Å². The predicted octanol–water partition coefficient (Wildman–Crippen LogP) is 4.73. The van der Waals surface area contributed by atoms with E-state index in [-0.39, 0.29) is 18.0 Å². The average Bonchev–Trinajstić information content (AvgIpc) is 2.92. The molecule has 4 rings (SSSR count). The summed E-state index contributed by atoms with van der Waals surface area (Å²) >= 11 is 0. The van der Waals surface area contributed by atoms with Crippen molar-refractivity contribution in [3.05, 3.63) is 96.1 Å². The molecule has 0 bridgehead atoms. The standard InChI is InChI=1S/C28H32N2O5S/c1-34-25-14-16-26(17-15-25)36(32,33)30-21-18-28(19-22-30,24-12-6-3-7-13-24)35-27(31)29-20-8-11-23-9-4-2-5-10-23/h2-7,9-10,12-17H,8,11,18-22H2,1H3,(H,29,31). The van der Waals surface area contributed by atoms with Crippen LogP contribution in [0.2, 0.25) is 0 Å². The van der Waals surface area contributed by atoms with Gasteiger partial charge < -0.3 is 14.8 Å². The van der Waals surface area contributed by atoms with Crippen molar-refractivity contribution < 1.29 is 22.7 Å². The summed E-state index contributed by atoms with van der Waals surface area (Å²) in [6.07, 6.45) is 1.90. The van der Waals surface area contributed by atoms with Crippen LogP contribution in [0.25, 0.3) is 0 Å². The maximum absolute atomic E-state index is 13.2.